The van der Waals surface area contributed by atoms with Crippen LogP contribution in [-0.4, -0.2) is 25.6 Å². The first-order valence-electron chi connectivity index (χ1n) is 8.40. The standard InChI is InChI=1S/C17H20N2O2S.C2H6B/c1-3-20-15-9-5-13(6-10-15)18-17(22)19-14-7-11-16(12-8-14)21-4-2;1-3-2/h5-12H,3-4H2,1-2H3,(H2,18,19,22);1-2H3. The number of thiocarbonyl (C=S) groups is 1. The Morgan fingerprint density at radius 3 is 1.40 bits per heavy atom. The number of hydrogen-bond donors (Lipinski definition) is 2. The summed E-state index contributed by atoms with van der Waals surface area (Å²) in [7, 11) is 2.00. The Morgan fingerprint density at radius 1 is 0.800 bits per heavy atom. The Bertz CT molecular complexity index is 565. The number of rotatable bonds is 6. The maximum atomic E-state index is 5.40. The van der Waals surface area contributed by atoms with Gasteiger partial charge in [0.15, 0.2) is 5.11 Å². The van der Waals surface area contributed by atoms with E-state index in [0.717, 1.165) is 22.9 Å². The van der Waals surface area contributed by atoms with Crippen LogP contribution in [0, 0.1) is 0 Å². The van der Waals surface area contributed by atoms with Gasteiger partial charge in [0.2, 0.25) is 0 Å². The summed E-state index contributed by atoms with van der Waals surface area (Å²) in [4.78, 5) is 0. The van der Waals surface area contributed by atoms with Gasteiger partial charge < -0.3 is 20.1 Å². The third-order valence-electron chi connectivity index (χ3n) is 2.85. The summed E-state index contributed by atoms with van der Waals surface area (Å²) in [6.07, 6.45) is 0. The van der Waals surface area contributed by atoms with E-state index < -0.39 is 0 Å². The second-order valence-electron chi connectivity index (χ2n) is 5.07. The molecule has 0 spiro atoms. The highest BCUT2D eigenvalue weighted by atomic mass is 32.1. The molecule has 6 heteroatoms. The summed E-state index contributed by atoms with van der Waals surface area (Å²) in [6, 6.07) is 15.3. The van der Waals surface area contributed by atoms with E-state index in [1.54, 1.807) is 0 Å². The summed E-state index contributed by atoms with van der Waals surface area (Å²) < 4.78 is 10.8. The largest absolute Gasteiger partial charge is 0.494 e. The minimum absolute atomic E-state index is 0.535. The fraction of sp³-hybridized carbons (Fsp3) is 0.316. The molecule has 0 aliphatic rings. The number of nitrogens with one attached hydrogen (secondary N) is 2. The number of ether oxygens (including phenoxy) is 2. The molecule has 0 saturated heterocycles. The number of anilines is 2. The number of hydrogen-bond acceptors (Lipinski definition) is 3. The Kier molecular flexibility index (Phi) is 10.2. The lowest BCUT2D eigenvalue weighted by molar-refractivity contribution is 0.340. The van der Waals surface area contributed by atoms with E-state index in [4.69, 9.17) is 21.7 Å². The highest BCUT2D eigenvalue weighted by molar-refractivity contribution is 7.80. The van der Waals surface area contributed by atoms with Gasteiger partial charge in [0.1, 0.15) is 18.8 Å². The van der Waals surface area contributed by atoms with Gasteiger partial charge in [-0.25, -0.2) is 0 Å². The van der Waals surface area contributed by atoms with Crippen LogP contribution >= 0.6 is 12.2 Å². The van der Waals surface area contributed by atoms with Crippen molar-refractivity contribution in [2.24, 2.45) is 0 Å². The first-order chi connectivity index (χ1) is 12.1. The smallest absolute Gasteiger partial charge is 0.175 e. The molecule has 0 saturated carbocycles. The van der Waals surface area contributed by atoms with Crippen molar-refractivity contribution in [1.82, 2.24) is 0 Å². The molecule has 1 radical (unpaired) electrons. The van der Waals surface area contributed by atoms with Crippen LogP contribution in [0.4, 0.5) is 11.4 Å². The monoisotopic (exact) mass is 357 g/mol. The van der Waals surface area contributed by atoms with Crippen molar-refractivity contribution in [3.05, 3.63) is 48.5 Å². The molecule has 0 unspecified atom stereocenters. The van der Waals surface area contributed by atoms with E-state index in [0.29, 0.717) is 18.3 Å². The molecule has 0 amide bonds. The zero-order chi connectivity index (χ0) is 18.5. The zero-order valence-electron chi connectivity index (χ0n) is 15.3. The molecule has 0 heterocycles. The highest BCUT2D eigenvalue weighted by Gasteiger charge is 2.00. The Balaban J connectivity index is 0.000000970. The van der Waals surface area contributed by atoms with Crippen LogP contribution in [0.25, 0.3) is 0 Å². The molecule has 25 heavy (non-hydrogen) atoms. The van der Waals surface area contributed by atoms with E-state index in [-0.39, 0.29) is 0 Å². The van der Waals surface area contributed by atoms with Crippen LogP contribution in [0.1, 0.15) is 13.8 Å². The first-order valence-corrected chi connectivity index (χ1v) is 8.81. The predicted octanol–water partition coefficient (Wildman–Crippen LogP) is 5.08. The highest BCUT2D eigenvalue weighted by Crippen LogP contribution is 2.18. The van der Waals surface area contributed by atoms with E-state index in [1.807, 2.05) is 83.3 Å². The molecule has 0 atom stereocenters. The quantitative estimate of drug-likeness (QED) is 0.557. The first kappa shape index (κ1) is 20.8. The van der Waals surface area contributed by atoms with Gasteiger partial charge in [0.05, 0.1) is 13.2 Å². The van der Waals surface area contributed by atoms with Crippen LogP contribution in [-0.2, 0) is 0 Å². The van der Waals surface area contributed by atoms with Crippen molar-refractivity contribution in [3.63, 3.8) is 0 Å². The molecular formula is C19H26BN2O2S. The van der Waals surface area contributed by atoms with Gasteiger partial charge in [-0.1, -0.05) is 13.6 Å². The van der Waals surface area contributed by atoms with Crippen LogP contribution in [0.3, 0.4) is 0 Å². The molecule has 0 bridgehead atoms. The molecule has 0 fully saturated rings. The molecule has 2 N–H and O–H groups in total. The molecule has 4 nitrogen and oxygen atoms in total. The molecule has 2 rings (SSSR count). The van der Waals surface area contributed by atoms with Gasteiger partial charge in [-0.2, -0.15) is 0 Å². The van der Waals surface area contributed by atoms with Gasteiger partial charge in [-0.05, 0) is 74.6 Å². The van der Waals surface area contributed by atoms with Gasteiger partial charge in [0.25, 0.3) is 0 Å². The van der Waals surface area contributed by atoms with Crippen LogP contribution < -0.4 is 20.1 Å². The maximum Gasteiger partial charge on any atom is 0.175 e. The molecule has 2 aromatic rings. The maximum absolute atomic E-state index is 5.40. The fourth-order valence-corrected chi connectivity index (χ4v) is 2.13. The van der Waals surface area contributed by atoms with Crippen LogP contribution in [0.15, 0.2) is 48.5 Å². The molecule has 0 aliphatic heterocycles. The predicted molar refractivity (Wildman–Crippen MR) is 113 cm³/mol. The van der Waals surface area contributed by atoms with E-state index in [2.05, 4.69) is 10.6 Å². The SMILES string of the molecule is CCOc1ccc(NC(=S)Nc2ccc(OCC)cc2)cc1.C[B]C. The Morgan fingerprint density at radius 2 is 1.12 bits per heavy atom. The van der Waals surface area contributed by atoms with Crippen LogP contribution in [0.2, 0.25) is 13.6 Å². The third kappa shape index (κ3) is 8.45. The van der Waals surface area contributed by atoms with Crippen molar-refractivity contribution in [2.75, 3.05) is 23.8 Å². The Labute approximate surface area is 157 Å². The molecule has 2 aromatic carbocycles. The summed E-state index contributed by atoms with van der Waals surface area (Å²) in [5.41, 5.74) is 1.82. The minimum atomic E-state index is 0.535. The van der Waals surface area contributed by atoms with Crippen molar-refractivity contribution in [1.29, 1.82) is 0 Å². The van der Waals surface area contributed by atoms with E-state index in [9.17, 15) is 0 Å². The van der Waals surface area contributed by atoms with Crippen molar-refractivity contribution >= 4 is 36.0 Å². The van der Waals surface area contributed by atoms with Crippen molar-refractivity contribution < 1.29 is 9.47 Å². The van der Waals surface area contributed by atoms with Crippen molar-refractivity contribution in [2.45, 2.75) is 27.5 Å². The third-order valence-corrected chi connectivity index (χ3v) is 3.05. The summed E-state index contributed by atoms with van der Waals surface area (Å²) in [5, 5.41) is 6.80. The second kappa shape index (κ2) is 12.2. The number of benzene rings is 2. The van der Waals surface area contributed by atoms with Crippen molar-refractivity contribution in [3.8, 4) is 11.5 Å². The van der Waals surface area contributed by atoms with Gasteiger partial charge >= 0.3 is 0 Å². The second-order valence-corrected chi connectivity index (χ2v) is 5.48. The molecule has 133 valence electrons. The summed E-state index contributed by atoms with van der Waals surface area (Å²) in [5.74, 6) is 1.69. The lowest BCUT2D eigenvalue weighted by atomic mass is 9.88. The topological polar surface area (TPSA) is 42.5 Å². The zero-order valence-corrected chi connectivity index (χ0v) is 16.2. The molecule has 0 aliphatic carbocycles. The fourth-order valence-electron chi connectivity index (χ4n) is 1.90. The normalized spacial score (nSPS) is 9.28. The van der Waals surface area contributed by atoms with E-state index >= 15 is 0 Å². The minimum Gasteiger partial charge on any atom is -0.494 e. The lowest BCUT2D eigenvalue weighted by Gasteiger charge is -2.12. The average Bonchev–Trinajstić information content (AvgIpc) is 2.60. The van der Waals surface area contributed by atoms with Gasteiger partial charge in [-0.15, -0.1) is 0 Å². The Hall–Kier alpha value is -2.21. The van der Waals surface area contributed by atoms with Gasteiger partial charge in [-0.3, -0.25) is 0 Å². The summed E-state index contributed by atoms with van der Waals surface area (Å²) in [6.45, 7) is 9.24. The molecule has 0 aromatic heterocycles. The lowest BCUT2D eigenvalue weighted by Crippen LogP contribution is -2.18. The molecular weight excluding hydrogens is 331 g/mol. The summed E-state index contributed by atoms with van der Waals surface area (Å²) >= 11 is 5.30. The van der Waals surface area contributed by atoms with E-state index in [1.165, 1.54) is 0 Å². The van der Waals surface area contributed by atoms with Gasteiger partial charge in [0, 0.05) is 11.4 Å². The average molecular weight is 357 g/mol. The van der Waals surface area contributed by atoms with Crippen LogP contribution in [0.5, 0.6) is 11.5 Å².